The van der Waals surface area contributed by atoms with Crippen LogP contribution in [0.4, 0.5) is 0 Å². The van der Waals surface area contributed by atoms with Crippen molar-refractivity contribution in [2.75, 3.05) is 5.88 Å². The van der Waals surface area contributed by atoms with Gasteiger partial charge in [0.05, 0.1) is 5.88 Å². The first kappa shape index (κ1) is 10.1. The third-order valence-electron chi connectivity index (χ3n) is 1.02. The Balaban J connectivity index is 0.000000218. The molecule has 58 valence electrons. The smallest absolute Gasteiger partial charge is 0.0832 e. The van der Waals surface area contributed by atoms with Crippen molar-refractivity contribution in [3.8, 4) is 12.3 Å². The van der Waals surface area contributed by atoms with Crippen molar-refractivity contribution in [3.63, 3.8) is 0 Å². The molecule has 0 aromatic heterocycles. The molecule has 0 heterocycles. The zero-order chi connectivity index (χ0) is 8.53. The van der Waals surface area contributed by atoms with E-state index in [4.69, 9.17) is 11.6 Å². The largest absolute Gasteiger partial charge is 0.119 e. The zero-order valence-corrected chi connectivity index (χ0v) is 7.31. The molecule has 1 aromatic rings. The summed E-state index contributed by atoms with van der Waals surface area (Å²) in [4.78, 5) is 0. The number of rotatable bonds is 0. The van der Waals surface area contributed by atoms with Crippen LogP contribution in [0.15, 0.2) is 30.3 Å². The van der Waals surface area contributed by atoms with Crippen molar-refractivity contribution in [1.29, 1.82) is 0 Å². The van der Waals surface area contributed by atoms with Crippen LogP contribution in [0.3, 0.4) is 0 Å². The van der Waals surface area contributed by atoms with Gasteiger partial charge in [-0.05, 0) is 6.92 Å². The number of aryl methyl sites for hydroxylation is 1. The fraction of sp³-hybridized carbons (Fsp3) is 0.200. The van der Waals surface area contributed by atoms with Gasteiger partial charge < -0.3 is 0 Å². The van der Waals surface area contributed by atoms with E-state index in [1.54, 1.807) is 0 Å². The van der Waals surface area contributed by atoms with E-state index < -0.39 is 0 Å². The summed E-state index contributed by atoms with van der Waals surface area (Å²) in [7, 11) is 0. The molecule has 0 nitrogen and oxygen atoms in total. The Labute approximate surface area is 73.2 Å². The van der Waals surface area contributed by atoms with Crippen LogP contribution in [0.5, 0.6) is 0 Å². The topological polar surface area (TPSA) is 0 Å². The molecule has 0 aliphatic heterocycles. The molecule has 0 bridgehead atoms. The van der Waals surface area contributed by atoms with Crippen LogP contribution in [0.25, 0.3) is 0 Å². The second kappa shape index (κ2) is 7.18. The summed E-state index contributed by atoms with van der Waals surface area (Å²) < 4.78 is 0. The highest BCUT2D eigenvalue weighted by Crippen LogP contribution is 1.92. The van der Waals surface area contributed by atoms with Crippen LogP contribution in [0.1, 0.15) is 5.56 Å². The molecule has 1 heteroatoms. The fourth-order valence-corrected chi connectivity index (χ4v) is 0.534. The van der Waals surface area contributed by atoms with E-state index in [0.29, 0.717) is 5.88 Å². The maximum atomic E-state index is 4.95. The van der Waals surface area contributed by atoms with Crippen molar-refractivity contribution in [2.24, 2.45) is 0 Å². The Morgan fingerprint density at radius 1 is 1.36 bits per heavy atom. The minimum atomic E-state index is 0.319. The van der Waals surface area contributed by atoms with E-state index in [2.05, 4.69) is 31.4 Å². The summed E-state index contributed by atoms with van der Waals surface area (Å²) in [5.74, 6) is 2.52. The minimum Gasteiger partial charge on any atom is -0.119 e. The third-order valence-corrected chi connectivity index (χ3v) is 1.17. The summed E-state index contributed by atoms with van der Waals surface area (Å²) in [5, 5.41) is 0. The summed E-state index contributed by atoms with van der Waals surface area (Å²) in [6.45, 7) is 2.08. The summed E-state index contributed by atoms with van der Waals surface area (Å²) in [5.41, 5.74) is 1.32. The number of hydrogen-bond donors (Lipinski definition) is 0. The van der Waals surface area contributed by atoms with Crippen molar-refractivity contribution < 1.29 is 0 Å². The summed E-state index contributed by atoms with van der Waals surface area (Å²) >= 11 is 4.95. The Hall–Kier alpha value is -0.930. The molecule has 0 radical (unpaired) electrons. The maximum absolute atomic E-state index is 4.95. The van der Waals surface area contributed by atoms with Gasteiger partial charge in [-0.25, -0.2) is 0 Å². The number of alkyl halides is 1. The lowest BCUT2D eigenvalue weighted by Gasteiger charge is -1.82. The predicted octanol–water partition coefficient (Wildman–Crippen LogP) is 2.85. The van der Waals surface area contributed by atoms with Crippen LogP contribution >= 0.6 is 11.6 Å². The fourth-order valence-electron chi connectivity index (χ4n) is 0.534. The minimum absolute atomic E-state index is 0.319. The van der Waals surface area contributed by atoms with Crippen LogP contribution in [-0.4, -0.2) is 5.88 Å². The van der Waals surface area contributed by atoms with Crippen molar-refractivity contribution in [2.45, 2.75) is 6.92 Å². The van der Waals surface area contributed by atoms with E-state index in [1.165, 1.54) is 5.56 Å². The molecule has 0 atom stereocenters. The van der Waals surface area contributed by atoms with Gasteiger partial charge in [0.2, 0.25) is 0 Å². The molecule has 0 N–H and O–H groups in total. The van der Waals surface area contributed by atoms with Gasteiger partial charge in [0.1, 0.15) is 0 Å². The number of benzene rings is 1. The zero-order valence-electron chi connectivity index (χ0n) is 6.55. The standard InChI is InChI=1S/C7H8.C3H3Cl/c1-7-5-3-2-4-6-7;1-2-3-4/h2-6H,1H3;1H,3H2. The first-order chi connectivity index (χ1) is 5.31. The molecular formula is C10H11Cl. The summed E-state index contributed by atoms with van der Waals surface area (Å²) in [6, 6.07) is 10.3. The van der Waals surface area contributed by atoms with Gasteiger partial charge in [0, 0.05) is 0 Å². The highest BCUT2D eigenvalue weighted by atomic mass is 35.5. The molecular weight excluding hydrogens is 156 g/mol. The number of hydrogen-bond acceptors (Lipinski definition) is 0. The molecule has 0 unspecified atom stereocenters. The Morgan fingerprint density at radius 2 is 1.82 bits per heavy atom. The van der Waals surface area contributed by atoms with Gasteiger partial charge in [-0.1, -0.05) is 41.8 Å². The normalized spacial score (nSPS) is 7.36. The highest BCUT2D eigenvalue weighted by Gasteiger charge is 1.72. The van der Waals surface area contributed by atoms with Crippen molar-refractivity contribution >= 4 is 11.6 Å². The van der Waals surface area contributed by atoms with Gasteiger partial charge in [-0.15, -0.1) is 18.0 Å². The first-order valence-electron chi connectivity index (χ1n) is 3.32. The van der Waals surface area contributed by atoms with E-state index in [0.717, 1.165) is 0 Å². The number of halogens is 1. The Morgan fingerprint density at radius 3 is 2.00 bits per heavy atom. The quantitative estimate of drug-likeness (QED) is 0.411. The summed E-state index contributed by atoms with van der Waals surface area (Å²) in [6.07, 6.45) is 4.65. The molecule has 0 amide bonds. The van der Waals surface area contributed by atoms with Gasteiger partial charge in [-0.3, -0.25) is 0 Å². The molecule has 0 saturated heterocycles. The average molecular weight is 167 g/mol. The van der Waals surface area contributed by atoms with Crippen LogP contribution in [0, 0.1) is 19.3 Å². The lowest BCUT2D eigenvalue weighted by atomic mass is 10.2. The van der Waals surface area contributed by atoms with Crippen LogP contribution in [-0.2, 0) is 0 Å². The van der Waals surface area contributed by atoms with E-state index in [-0.39, 0.29) is 0 Å². The molecule has 0 spiro atoms. The van der Waals surface area contributed by atoms with Crippen LogP contribution in [0.2, 0.25) is 0 Å². The molecule has 0 fully saturated rings. The average Bonchev–Trinajstić information content (AvgIpc) is 2.07. The van der Waals surface area contributed by atoms with Gasteiger partial charge in [-0.2, -0.15) is 0 Å². The predicted molar refractivity (Wildman–Crippen MR) is 50.7 cm³/mol. The third kappa shape index (κ3) is 6.96. The lowest BCUT2D eigenvalue weighted by Crippen LogP contribution is -1.62. The van der Waals surface area contributed by atoms with Gasteiger partial charge in [0.25, 0.3) is 0 Å². The molecule has 11 heavy (non-hydrogen) atoms. The van der Waals surface area contributed by atoms with Gasteiger partial charge in [0.15, 0.2) is 0 Å². The lowest BCUT2D eigenvalue weighted by molar-refractivity contribution is 1.48. The highest BCUT2D eigenvalue weighted by molar-refractivity contribution is 6.19. The SMILES string of the molecule is C#CCCl.Cc1ccccc1. The second-order valence-electron chi connectivity index (χ2n) is 1.99. The molecule has 1 aromatic carbocycles. The Kier molecular flexibility index (Phi) is 6.57. The first-order valence-corrected chi connectivity index (χ1v) is 3.85. The van der Waals surface area contributed by atoms with Gasteiger partial charge >= 0.3 is 0 Å². The molecule has 1 rings (SSSR count). The van der Waals surface area contributed by atoms with Crippen molar-refractivity contribution in [3.05, 3.63) is 35.9 Å². The maximum Gasteiger partial charge on any atom is 0.0832 e. The number of terminal acetylenes is 1. The van der Waals surface area contributed by atoms with E-state index in [9.17, 15) is 0 Å². The van der Waals surface area contributed by atoms with Crippen LogP contribution < -0.4 is 0 Å². The molecule has 0 saturated carbocycles. The molecule has 0 aliphatic rings. The van der Waals surface area contributed by atoms with E-state index in [1.807, 2.05) is 18.2 Å². The molecule has 0 aliphatic carbocycles. The Bertz CT molecular complexity index is 208. The van der Waals surface area contributed by atoms with Crippen molar-refractivity contribution in [1.82, 2.24) is 0 Å². The second-order valence-corrected chi connectivity index (χ2v) is 2.26. The van der Waals surface area contributed by atoms with E-state index >= 15 is 0 Å². The monoisotopic (exact) mass is 166 g/mol.